The smallest absolute Gasteiger partial charge is 0.0408 e. The summed E-state index contributed by atoms with van der Waals surface area (Å²) >= 11 is 5.89. The van der Waals surface area contributed by atoms with Gasteiger partial charge in [0.2, 0.25) is 0 Å². The average Bonchev–Trinajstić information content (AvgIpc) is 2.04. The Kier molecular flexibility index (Phi) is 4.26. The Hall–Kier alpha value is -0.530. The third-order valence-electron chi connectivity index (χ3n) is 2.03. The van der Waals surface area contributed by atoms with E-state index >= 15 is 0 Å². The van der Waals surface area contributed by atoms with Gasteiger partial charge in [-0.1, -0.05) is 30.7 Å². The SMILES string of the molecule is CNCC(C)Cc1cccc(Cl)c1. The van der Waals surface area contributed by atoms with Gasteiger partial charge in [-0.25, -0.2) is 0 Å². The molecule has 72 valence electrons. The Balaban J connectivity index is 2.53. The summed E-state index contributed by atoms with van der Waals surface area (Å²) in [6, 6.07) is 8.07. The standard InChI is InChI=1S/C11H16ClN/c1-9(8-13-2)6-10-4-3-5-11(12)7-10/h3-5,7,9,13H,6,8H2,1-2H3. The Morgan fingerprint density at radius 3 is 2.85 bits per heavy atom. The first-order chi connectivity index (χ1) is 6.22. The molecule has 0 radical (unpaired) electrons. The highest BCUT2D eigenvalue weighted by Gasteiger charge is 2.02. The monoisotopic (exact) mass is 197 g/mol. The molecule has 0 heterocycles. The van der Waals surface area contributed by atoms with E-state index in [1.165, 1.54) is 5.56 Å². The summed E-state index contributed by atoms with van der Waals surface area (Å²) < 4.78 is 0. The molecule has 1 atom stereocenters. The minimum absolute atomic E-state index is 0.656. The Bertz CT molecular complexity index is 260. The first kappa shape index (κ1) is 10.6. The number of rotatable bonds is 4. The van der Waals surface area contributed by atoms with Crippen LogP contribution in [0.15, 0.2) is 24.3 Å². The lowest BCUT2D eigenvalue weighted by atomic mass is 10.0. The van der Waals surface area contributed by atoms with Crippen molar-refractivity contribution in [2.75, 3.05) is 13.6 Å². The van der Waals surface area contributed by atoms with Crippen molar-refractivity contribution in [1.82, 2.24) is 5.32 Å². The molecule has 2 heteroatoms. The summed E-state index contributed by atoms with van der Waals surface area (Å²) in [7, 11) is 1.98. The fourth-order valence-corrected chi connectivity index (χ4v) is 1.70. The topological polar surface area (TPSA) is 12.0 Å². The quantitative estimate of drug-likeness (QED) is 0.783. The molecule has 0 spiro atoms. The minimum atomic E-state index is 0.656. The van der Waals surface area contributed by atoms with Crippen molar-refractivity contribution in [3.63, 3.8) is 0 Å². The summed E-state index contributed by atoms with van der Waals surface area (Å²) in [5, 5.41) is 4.00. The summed E-state index contributed by atoms with van der Waals surface area (Å²) in [6.07, 6.45) is 1.08. The summed E-state index contributed by atoms with van der Waals surface area (Å²) in [5.41, 5.74) is 1.32. The zero-order valence-corrected chi connectivity index (χ0v) is 8.93. The van der Waals surface area contributed by atoms with Crippen molar-refractivity contribution in [3.8, 4) is 0 Å². The molecule has 0 bridgehead atoms. The van der Waals surface area contributed by atoms with Crippen LogP contribution in [0.25, 0.3) is 0 Å². The first-order valence-corrected chi connectivity index (χ1v) is 4.99. The predicted octanol–water partition coefficient (Wildman–Crippen LogP) is 2.74. The lowest BCUT2D eigenvalue weighted by molar-refractivity contribution is 0.542. The molecule has 1 aromatic carbocycles. The highest BCUT2D eigenvalue weighted by Crippen LogP contribution is 2.13. The molecular formula is C11H16ClN. The zero-order chi connectivity index (χ0) is 9.68. The highest BCUT2D eigenvalue weighted by atomic mass is 35.5. The summed E-state index contributed by atoms with van der Waals surface area (Å²) in [4.78, 5) is 0. The van der Waals surface area contributed by atoms with Crippen molar-refractivity contribution in [1.29, 1.82) is 0 Å². The maximum atomic E-state index is 5.89. The second-order valence-electron chi connectivity index (χ2n) is 3.50. The lowest BCUT2D eigenvalue weighted by Gasteiger charge is -2.10. The number of halogens is 1. The number of hydrogen-bond acceptors (Lipinski definition) is 1. The largest absolute Gasteiger partial charge is 0.319 e. The molecule has 1 N–H and O–H groups in total. The molecule has 0 fully saturated rings. The molecule has 1 unspecified atom stereocenters. The third-order valence-corrected chi connectivity index (χ3v) is 2.26. The molecule has 0 aliphatic rings. The zero-order valence-electron chi connectivity index (χ0n) is 8.18. The van der Waals surface area contributed by atoms with E-state index in [4.69, 9.17) is 11.6 Å². The normalized spacial score (nSPS) is 12.8. The van der Waals surface area contributed by atoms with E-state index in [1.807, 2.05) is 25.2 Å². The van der Waals surface area contributed by atoms with Gasteiger partial charge in [0.25, 0.3) is 0 Å². The van der Waals surface area contributed by atoms with Crippen molar-refractivity contribution >= 4 is 11.6 Å². The van der Waals surface area contributed by atoms with Crippen LogP contribution in [-0.4, -0.2) is 13.6 Å². The maximum absolute atomic E-state index is 5.89. The van der Waals surface area contributed by atoms with Crippen LogP contribution in [0.1, 0.15) is 12.5 Å². The molecule has 1 rings (SSSR count). The Labute approximate surface area is 85.1 Å². The van der Waals surface area contributed by atoms with Gasteiger partial charge < -0.3 is 5.32 Å². The van der Waals surface area contributed by atoms with E-state index in [2.05, 4.69) is 18.3 Å². The highest BCUT2D eigenvalue weighted by molar-refractivity contribution is 6.30. The minimum Gasteiger partial charge on any atom is -0.319 e. The predicted molar refractivity (Wildman–Crippen MR) is 58.2 cm³/mol. The van der Waals surface area contributed by atoms with Crippen LogP contribution in [0, 0.1) is 5.92 Å². The van der Waals surface area contributed by atoms with Gasteiger partial charge in [-0.05, 0) is 43.6 Å². The van der Waals surface area contributed by atoms with Gasteiger partial charge in [0.05, 0.1) is 0 Å². The van der Waals surface area contributed by atoms with E-state index in [0.29, 0.717) is 5.92 Å². The van der Waals surface area contributed by atoms with Crippen LogP contribution in [-0.2, 0) is 6.42 Å². The molecule has 0 aliphatic carbocycles. The van der Waals surface area contributed by atoms with Crippen LogP contribution in [0.3, 0.4) is 0 Å². The van der Waals surface area contributed by atoms with Crippen LogP contribution >= 0.6 is 11.6 Å². The van der Waals surface area contributed by atoms with Crippen LogP contribution in [0.2, 0.25) is 5.02 Å². The van der Waals surface area contributed by atoms with Gasteiger partial charge in [0.15, 0.2) is 0 Å². The van der Waals surface area contributed by atoms with Gasteiger partial charge in [-0.2, -0.15) is 0 Å². The van der Waals surface area contributed by atoms with E-state index in [0.717, 1.165) is 18.0 Å². The molecule has 0 aromatic heterocycles. The molecule has 0 aliphatic heterocycles. The van der Waals surface area contributed by atoms with Gasteiger partial charge >= 0.3 is 0 Å². The molecule has 1 nitrogen and oxygen atoms in total. The van der Waals surface area contributed by atoms with Crippen molar-refractivity contribution in [2.24, 2.45) is 5.92 Å². The molecule has 0 saturated carbocycles. The van der Waals surface area contributed by atoms with Crippen LogP contribution in [0.4, 0.5) is 0 Å². The van der Waals surface area contributed by atoms with Crippen molar-refractivity contribution in [3.05, 3.63) is 34.9 Å². The van der Waals surface area contributed by atoms with Gasteiger partial charge in [0.1, 0.15) is 0 Å². The number of benzene rings is 1. The maximum Gasteiger partial charge on any atom is 0.0408 e. The average molecular weight is 198 g/mol. The van der Waals surface area contributed by atoms with Crippen molar-refractivity contribution < 1.29 is 0 Å². The van der Waals surface area contributed by atoms with Gasteiger partial charge in [0, 0.05) is 5.02 Å². The molecule has 0 saturated heterocycles. The van der Waals surface area contributed by atoms with Gasteiger partial charge in [-0.15, -0.1) is 0 Å². The number of nitrogens with one attached hydrogen (secondary N) is 1. The van der Waals surface area contributed by atoms with E-state index < -0.39 is 0 Å². The van der Waals surface area contributed by atoms with E-state index in [1.54, 1.807) is 0 Å². The second kappa shape index (κ2) is 5.25. The molecule has 1 aromatic rings. The summed E-state index contributed by atoms with van der Waals surface area (Å²) in [5.74, 6) is 0.656. The van der Waals surface area contributed by atoms with Crippen LogP contribution < -0.4 is 5.32 Å². The van der Waals surface area contributed by atoms with Gasteiger partial charge in [-0.3, -0.25) is 0 Å². The third kappa shape index (κ3) is 3.79. The fraction of sp³-hybridized carbons (Fsp3) is 0.455. The molecular weight excluding hydrogens is 182 g/mol. The second-order valence-corrected chi connectivity index (χ2v) is 3.93. The van der Waals surface area contributed by atoms with E-state index in [-0.39, 0.29) is 0 Å². The molecule has 13 heavy (non-hydrogen) atoms. The first-order valence-electron chi connectivity index (χ1n) is 4.61. The summed E-state index contributed by atoms with van der Waals surface area (Å²) in [6.45, 7) is 3.28. The molecule has 0 amide bonds. The lowest BCUT2D eigenvalue weighted by Crippen LogP contribution is -2.17. The van der Waals surface area contributed by atoms with Crippen molar-refractivity contribution in [2.45, 2.75) is 13.3 Å². The fourth-order valence-electron chi connectivity index (χ4n) is 1.49. The Morgan fingerprint density at radius 2 is 2.23 bits per heavy atom. The number of hydrogen-bond donors (Lipinski definition) is 1. The van der Waals surface area contributed by atoms with Crippen LogP contribution in [0.5, 0.6) is 0 Å². The van der Waals surface area contributed by atoms with E-state index in [9.17, 15) is 0 Å². The Morgan fingerprint density at radius 1 is 1.46 bits per heavy atom.